The summed E-state index contributed by atoms with van der Waals surface area (Å²) in [6.45, 7) is 2.04. The van der Waals surface area contributed by atoms with Crippen LogP contribution in [0.25, 0.3) is 0 Å². The van der Waals surface area contributed by atoms with Gasteiger partial charge in [0.1, 0.15) is 5.75 Å². The SMILES string of the molecule is CCOc1cc(C2C(C(=O)CCc3ccccc3)=C(O)C(=O)N2c2cc(Cl)ccc2O)ccc1O. The monoisotopic (exact) mass is 493 g/mol. The van der Waals surface area contributed by atoms with E-state index >= 15 is 0 Å². The normalized spacial score (nSPS) is 15.5. The van der Waals surface area contributed by atoms with E-state index in [2.05, 4.69) is 0 Å². The zero-order chi connectivity index (χ0) is 25.1. The number of phenols is 2. The van der Waals surface area contributed by atoms with Crippen molar-refractivity contribution in [3.8, 4) is 17.2 Å². The van der Waals surface area contributed by atoms with Crippen molar-refractivity contribution in [1.82, 2.24) is 0 Å². The molecule has 0 bridgehead atoms. The molecule has 0 radical (unpaired) electrons. The van der Waals surface area contributed by atoms with Crippen molar-refractivity contribution in [1.29, 1.82) is 0 Å². The van der Waals surface area contributed by atoms with Crippen molar-refractivity contribution in [2.45, 2.75) is 25.8 Å². The summed E-state index contributed by atoms with van der Waals surface area (Å²) in [6, 6.07) is 16.9. The van der Waals surface area contributed by atoms with Crippen LogP contribution in [-0.4, -0.2) is 33.6 Å². The van der Waals surface area contributed by atoms with Crippen molar-refractivity contribution < 1.29 is 29.6 Å². The van der Waals surface area contributed by atoms with Gasteiger partial charge in [0.05, 0.1) is 23.9 Å². The van der Waals surface area contributed by atoms with E-state index < -0.39 is 23.5 Å². The lowest BCUT2D eigenvalue weighted by Crippen LogP contribution is -2.31. The topological polar surface area (TPSA) is 107 Å². The Kier molecular flexibility index (Phi) is 6.98. The predicted molar refractivity (Wildman–Crippen MR) is 132 cm³/mol. The number of nitrogens with zero attached hydrogens (tertiary/aromatic N) is 1. The van der Waals surface area contributed by atoms with Gasteiger partial charge in [0.15, 0.2) is 23.0 Å². The summed E-state index contributed by atoms with van der Waals surface area (Å²) in [5, 5.41) is 31.8. The molecule has 1 heterocycles. The smallest absolute Gasteiger partial charge is 0.294 e. The van der Waals surface area contributed by atoms with Crippen LogP contribution in [0.2, 0.25) is 5.02 Å². The molecular formula is C27H24ClNO6. The van der Waals surface area contributed by atoms with Gasteiger partial charge in [-0.25, -0.2) is 0 Å². The largest absolute Gasteiger partial charge is 0.506 e. The minimum Gasteiger partial charge on any atom is -0.506 e. The van der Waals surface area contributed by atoms with Crippen molar-refractivity contribution in [3.05, 3.63) is 94.2 Å². The van der Waals surface area contributed by atoms with Gasteiger partial charge < -0.3 is 20.1 Å². The molecule has 4 rings (SSSR count). The second-order valence-electron chi connectivity index (χ2n) is 8.04. The maximum atomic E-state index is 13.4. The number of aliphatic hydroxyl groups excluding tert-OH is 1. The molecule has 3 N–H and O–H groups in total. The fraction of sp³-hybridized carbons (Fsp3) is 0.185. The Morgan fingerprint density at radius 2 is 1.71 bits per heavy atom. The predicted octanol–water partition coefficient (Wildman–Crippen LogP) is 5.25. The maximum Gasteiger partial charge on any atom is 0.294 e. The molecule has 0 aliphatic carbocycles. The number of hydrogen-bond acceptors (Lipinski definition) is 6. The summed E-state index contributed by atoms with van der Waals surface area (Å²) < 4.78 is 5.49. The van der Waals surface area contributed by atoms with Gasteiger partial charge in [-0.2, -0.15) is 0 Å². The van der Waals surface area contributed by atoms with E-state index in [4.69, 9.17) is 16.3 Å². The molecule has 0 saturated carbocycles. The molecule has 8 heteroatoms. The highest BCUT2D eigenvalue weighted by molar-refractivity contribution is 6.31. The number of rotatable bonds is 8. The fourth-order valence-corrected chi connectivity index (χ4v) is 4.32. The van der Waals surface area contributed by atoms with Gasteiger partial charge in [-0.05, 0) is 54.8 Å². The Bertz CT molecular complexity index is 1300. The maximum absolute atomic E-state index is 13.4. The number of carbonyl (C=O) groups is 2. The molecule has 180 valence electrons. The van der Waals surface area contributed by atoms with E-state index in [0.717, 1.165) is 10.5 Å². The van der Waals surface area contributed by atoms with Gasteiger partial charge in [0.25, 0.3) is 5.91 Å². The standard InChI is InChI=1S/C27H24ClNO6/c1-2-35-23-14-17(9-12-21(23)31)25-24(22(32)11-8-16-6-4-3-5-7-16)26(33)27(34)29(25)19-15-18(28)10-13-20(19)30/h3-7,9-10,12-15,25,30-31,33H,2,8,11H2,1H3. The zero-order valence-corrected chi connectivity index (χ0v) is 19.7. The van der Waals surface area contributed by atoms with Crippen LogP contribution in [0.3, 0.4) is 0 Å². The Morgan fingerprint density at radius 3 is 2.43 bits per heavy atom. The number of amides is 1. The molecule has 0 spiro atoms. The molecule has 1 unspecified atom stereocenters. The molecule has 35 heavy (non-hydrogen) atoms. The minimum absolute atomic E-state index is 0.0379. The third kappa shape index (κ3) is 4.81. The van der Waals surface area contributed by atoms with Crippen molar-refractivity contribution in [3.63, 3.8) is 0 Å². The van der Waals surface area contributed by atoms with Gasteiger partial charge in [-0.1, -0.05) is 48.0 Å². The molecule has 0 fully saturated rings. The lowest BCUT2D eigenvalue weighted by Gasteiger charge is -2.28. The lowest BCUT2D eigenvalue weighted by atomic mass is 9.92. The highest BCUT2D eigenvalue weighted by Crippen LogP contribution is 2.46. The number of ketones is 1. The summed E-state index contributed by atoms with van der Waals surface area (Å²) in [5.41, 5.74) is 1.29. The second kappa shape index (κ2) is 10.1. The van der Waals surface area contributed by atoms with Crippen molar-refractivity contribution in [2.75, 3.05) is 11.5 Å². The van der Waals surface area contributed by atoms with E-state index in [-0.39, 0.29) is 46.6 Å². The van der Waals surface area contributed by atoms with Crippen molar-refractivity contribution >= 4 is 29.0 Å². The highest BCUT2D eigenvalue weighted by Gasteiger charge is 2.45. The first-order valence-corrected chi connectivity index (χ1v) is 11.5. The summed E-state index contributed by atoms with van der Waals surface area (Å²) in [4.78, 5) is 27.8. The fourth-order valence-electron chi connectivity index (χ4n) is 4.15. The number of benzene rings is 3. The van der Waals surface area contributed by atoms with E-state index in [0.29, 0.717) is 12.0 Å². The van der Waals surface area contributed by atoms with Crippen LogP contribution in [0.4, 0.5) is 5.69 Å². The van der Waals surface area contributed by atoms with Crippen LogP contribution < -0.4 is 9.64 Å². The number of carbonyl (C=O) groups excluding carboxylic acids is 2. The summed E-state index contributed by atoms with van der Waals surface area (Å²) in [6.07, 6.45) is 0.471. The van der Waals surface area contributed by atoms with Gasteiger partial charge in [0, 0.05) is 11.4 Å². The highest BCUT2D eigenvalue weighted by atomic mass is 35.5. The Labute approximate surface area is 207 Å². The van der Waals surface area contributed by atoms with Crippen LogP contribution in [0.1, 0.15) is 30.5 Å². The Balaban J connectivity index is 1.80. The summed E-state index contributed by atoms with van der Waals surface area (Å²) in [7, 11) is 0. The van der Waals surface area contributed by atoms with Gasteiger partial charge in [0.2, 0.25) is 0 Å². The van der Waals surface area contributed by atoms with Crippen LogP contribution in [-0.2, 0) is 16.0 Å². The molecule has 1 amide bonds. The average molecular weight is 494 g/mol. The third-order valence-corrected chi connectivity index (χ3v) is 6.02. The molecule has 1 atom stereocenters. The second-order valence-corrected chi connectivity index (χ2v) is 8.48. The number of anilines is 1. The molecule has 0 aromatic heterocycles. The number of halogens is 1. The molecule has 1 aliphatic heterocycles. The first-order chi connectivity index (χ1) is 16.8. The average Bonchev–Trinajstić information content (AvgIpc) is 3.11. The number of aromatic hydroxyl groups is 2. The number of aliphatic hydroxyl groups is 1. The number of phenolic OH excluding ortho intramolecular Hbond substituents is 2. The number of Topliss-reactive ketones (excluding diaryl/α,β-unsaturated/α-hetero) is 1. The number of hydrogen-bond donors (Lipinski definition) is 3. The van der Waals surface area contributed by atoms with Crippen LogP contribution in [0.15, 0.2) is 78.1 Å². The molecule has 0 saturated heterocycles. The van der Waals surface area contributed by atoms with Crippen LogP contribution >= 0.6 is 11.6 Å². The van der Waals surface area contributed by atoms with E-state index in [1.54, 1.807) is 6.92 Å². The number of aryl methyl sites for hydroxylation is 1. The first-order valence-electron chi connectivity index (χ1n) is 11.1. The third-order valence-electron chi connectivity index (χ3n) is 5.79. The van der Waals surface area contributed by atoms with Gasteiger partial charge in [-0.3, -0.25) is 14.5 Å². The molecule has 7 nitrogen and oxygen atoms in total. The lowest BCUT2D eigenvalue weighted by molar-refractivity contribution is -0.118. The molecular weight excluding hydrogens is 470 g/mol. The zero-order valence-electron chi connectivity index (χ0n) is 18.9. The minimum atomic E-state index is -1.07. The number of ether oxygens (including phenoxy) is 1. The Hall–Kier alpha value is -3.97. The quantitative estimate of drug-likeness (QED) is 0.395. The van der Waals surface area contributed by atoms with E-state index in [9.17, 15) is 24.9 Å². The summed E-state index contributed by atoms with van der Waals surface area (Å²) in [5.74, 6) is -2.15. The van der Waals surface area contributed by atoms with Gasteiger partial charge in [-0.15, -0.1) is 0 Å². The molecule has 3 aromatic rings. The molecule has 3 aromatic carbocycles. The Morgan fingerprint density at radius 1 is 1.00 bits per heavy atom. The van der Waals surface area contributed by atoms with Crippen molar-refractivity contribution in [2.24, 2.45) is 0 Å². The van der Waals surface area contributed by atoms with E-state index in [1.807, 2.05) is 30.3 Å². The van der Waals surface area contributed by atoms with Gasteiger partial charge >= 0.3 is 0 Å². The molecule has 1 aliphatic rings. The van der Waals surface area contributed by atoms with Crippen LogP contribution in [0.5, 0.6) is 17.2 Å². The first kappa shape index (κ1) is 24.2. The summed E-state index contributed by atoms with van der Waals surface area (Å²) >= 11 is 6.13. The van der Waals surface area contributed by atoms with E-state index in [1.165, 1.54) is 36.4 Å². The van der Waals surface area contributed by atoms with Crippen LogP contribution in [0, 0.1) is 0 Å².